The number of benzene rings is 1. The van der Waals surface area contributed by atoms with Gasteiger partial charge in [0, 0.05) is 6.54 Å². The Labute approximate surface area is 174 Å². The van der Waals surface area contributed by atoms with E-state index in [2.05, 4.69) is 17.0 Å². The van der Waals surface area contributed by atoms with Gasteiger partial charge in [-0.2, -0.15) is 0 Å². The Balaban J connectivity index is 0.00000338. The zero-order valence-corrected chi connectivity index (χ0v) is 17.1. The molecule has 154 valence electrons. The summed E-state index contributed by atoms with van der Waals surface area (Å²) in [5.41, 5.74) is 6.33. The molecule has 0 radical (unpaired) electrons. The molecule has 9 heteroatoms. The molecule has 1 aromatic carbocycles. The fourth-order valence-corrected chi connectivity index (χ4v) is 3.68. The monoisotopic (exact) mass is 420 g/mol. The lowest BCUT2D eigenvalue weighted by atomic mass is 9.74. The number of likely N-dealkylation sites (tertiary alicyclic amines) is 1. The first kappa shape index (κ1) is 26.2. The SMILES string of the molecule is Cl.Cl.NC(CCCCB(O)O)(C(=O)O)C1CCN(Cc2ccccc2)CC1. The topological polar surface area (TPSA) is 107 Å². The number of hydrogen-bond acceptors (Lipinski definition) is 5. The van der Waals surface area contributed by atoms with E-state index in [0.29, 0.717) is 19.3 Å². The van der Waals surface area contributed by atoms with Gasteiger partial charge < -0.3 is 20.9 Å². The van der Waals surface area contributed by atoms with E-state index in [0.717, 1.165) is 32.5 Å². The summed E-state index contributed by atoms with van der Waals surface area (Å²) in [7, 11) is -1.33. The molecular formula is C18H31BCl2N2O4. The van der Waals surface area contributed by atoms with Gasteiger partial charge in [-0.15, -0.1) is 24.8 Å². The minimum Gasteiger partial charge on any atom is -0.480 e. The molecule has 0 aliphatic carbocycles. The molecule has 5 N–H and O–H groups in total. The summed E-state index contributed by atoms with van der Waals surface area (Å²) in [5, 5.41) is 27.4. The van der Waals surface area contributed by atoms with Gasteiger partial charge in [0.15, 0.2) is 0 Å². The average Bonchev–Trinajstić information content (AvgIpc) is 2.59. The number of nitrogens with zero attached hydrogens (tertiary/aromatic N) is 1. The molecule has 0 amide bonds. The molecular weight excluding hydrogens is 390 g/mol. The second-order valence-corrected chi connectivity index (χ2v) is 7.11. The Morgan fingerprint density at radius 3 is 2.26 bits per heavy atom. The Morgan fingerprint density at radius 1 is 1.15 bits per heavy atom. The average molecular weight is 421 g/mol. The zero-order chi connectivity index (χ0) is 18.3. The largest absolute Gasteiger partial charge is 0.480 e. The summed E-state index contributed by atoms with van der Waals surface area (Å²) in [6, 6.07) is 10.3. The lowest BCUT2D eigenvalue weighted by Gasteiger charge is -2.40. The summed E-state index contributed by atoms with van der Waals surface area (Å²) >= 11 is 0. The smallest absolute Gasteiger partial charge is 0.451 e. The summed E-state index contributed by atoms with van der Waals surface area (Å²) < 4.78 is 0. The molecule has 1 aromatic rings. The minimum atomic E-state index is -1.33. The van der Waals surface area contributed by atoms with Crippen molar-refractivity contribution in [2.45, 2.75) is 50.5 Å². The fourth-order valence-electron chi connectivity index (χ4n) is 3.68. The Bertz CT molecular complexity index is 545. The Hall–Kier alpha value is -0.825. The molecule has 1 heterocycles. The molecule has 0 aromatic heterocycles. The van der Waals surface area contributed by atoms with E-state index in [1.54, 1.807) is 0 Å². The third kappa shape index (κ3) is 7.98. The normalized spacial score (nSPS) is 17.3. The molecule has 1 unspecified atom stereocenters. The van der Waals surface area contributed by atoms with Crippen molar-refractivity contribution < 1.29 is 19.9 Å². The first-order valence-corrected chi connectivity index (χ1v) is 9.06. The minimum absolute atomic E-state index is 0. The van der Waals surface area contributed by atoms with Crippen LogP contribution < -0.4 is 5.73 Å². The second kappa shape index (κ2) is 12.6. The van der Waals surface area contributed by atoms with Crippen molar-refractivity contribution in [3.05, 3.63) is 35.9 Å². The van der Waals surface area contributed by atoms with E-state index in [9.17, 15) is 9.90 Å². The maximum Gasteiger partial charge on any atom is 0.451 e. The molecule has 1 fully saturated rings. The first-order chi connectivity index (χ1) is 11.9. The van der Waals surface area contributed by atoms with Gasteiger partial charge >= 0.3 is 13.1 Å². The molecule has 1 aliphatic rings. The summed E-state index contributed by atoms with van der Waals surface area (Å²) in [5.74, 6) is -0.991. The molecule has 2 rings (SSSR count). The van der Waals surface area contributed by atoms with E-state index >= 15 is 0 Å². The summed E-state index contributed by atoms with van der Waals surface area (Å²) in [4.78, 5) is 14.1. The van der Waals surface area contributed by atoms with Gasteiger partial charge in [0.1, 0.15) is 5.54 Å². The number of piperidine rings is 1. The highest BCUT2D eigenvalue weighted by Gasteiger charge is 2.42. The van der Waals surface area contributed by atoms with Gasteiger partial charge in [0.25, 0.3) is 0 Å². The molecule has 0 bridgehead atoms. The van der Waals surface area contributed by atoms with E-state index in [-0.39, 0.29) is 37.1 Å². The van der Waals surface area contributed by atoms with Gasteiger partial charge in [-0.3, -0.25) is 9.69 Å². The number of unbranched alkanes of at least 4 members (excludes halogenated alkanes) is 1. The van der Waals surface area contributed by atoms with Crippen molar-refractivity contribution in [2.75, 3.05) is 13.1 Å². The van der Waals surface area contributed by atoms with Crippen LogP contribution in [0.15, 0.2) is 30.3 Å². The number of rotatable bonds is 9. The van der Waals surface area contributed by atoms with Crippen LogP contribution in [-0.2, 0) is 11.3 Å². The third-order valence-corrected chi connectivity index (χ3v) is 5.27. The number of carboxylic acid groups (broad SMARTS) is 1. The van der Waals surface area contributed by atoms with Gasteiger partial charge in [-0.05, 0) is 50.2 Å². The highest BCUT2D eigenvalue weighted by atomic mass is 35.5. The zero-order valence-electron chi connectivity index (χ0n) is 15.5. The quantitative estimate of drug-likeness (QED) is 0.360. The second-order valence-electron chi connectivity index (χ2n) is 7.11. The van der Waals surface area contributed by atoms with Crippen molar-refractivity contribution in [2.24, 2.45) is 11.7 Å². The molecule has 0 saturated carbocycles. The van der Waals surface area contributed by atoms with Crippen LogP contribution in [0, 0.1) is 5.92 Å². The van der Waals surface area contributed by atoms with E-state index in [1.165, 1.54) is 5.56 Å². The number of aliphatic carboxylic acids is 1. The highest BCUT2D eigenvalue weighted by Crippen LogP contribution is 2.31. The van der Waals surface area contributed by atoms with Crippen LogP contribution in [-0.4, -0.2) is 51.8 Å². The first-order valence-electron chi connectivity index (χ1n) is 9.06. The molecule has 1 aliphatic heterocycles. The maximum atomic E-state index is 11.8. The van der Waals surface area contributed by atoms with Crippen molar-refractivity contribution in [1.82, 2.24) is 4.90 Å². The number of carbonyl (C=O) groups is 1. The predicted octanol–water partition coefficient (Wildman–Crippen LogP) is 2.17. The molecule has 1 saturated heterocycles. The Morgan fingerprint density at radius 2 is 1.74 bits per heavy atom. The van der Waals surface area contributed by atoms with Crippen molar-refractivity contribution in [3.63, 3.8) is 0 Å². The van der Waals surface area contributed by atoms with Crippen LogP contribution in [0.25, 0.3) is 0 Å². The van der Waals surface area contributed by atoms with Crippen molar-refractivity contribution >= 4 is 37.9 Å². The lowest BCUT2D eigenvalue weighted by molar-refractivity contribution is -0.147. The number of hydrogen-bond donors (Lipinski definition) is 4. The maximum absolute atomic E-state index is 11.8. The van der Waals surface area contributed by atoms with Gasteiger partial charge in [-0.25, -0.2) is 0 Å². The predicted molar refractivity (Wildman–Crippen MR) is 112 cm³/mol. The molecule has 6 nitrogen and oxygen atoms in total. The van der Waals surface area contributed by atoms with Crippen LogP contribution in [0.2, 0.25) is 6.32 Å². The van der Waals surface area contributed by atoms with Crippen LogP contribution >= 0.6 is 24.8 Å². The third-order valence-electron chi connectivity index (χ3n) is 5.27. The van der Waals surface area contributed by atoms with Gasteiger partial charge in [0.2, 0.25) is 0 Å². The summed E-state index contributed by atoms with van der Waals surface area (Å²) in [6.07, 6.45) is 3.33. The van der Waals surface area contributed by atoms with Gasteiger partial charge in [-0.1, -0.05) is 43.2 Å². The van der Waals surface area contributed by atoms with E-state index < -0.39 is 18.6 Å². The van der Waals surface area contributed by atoms with Crippen molar-refractivity contribution in [1.29, 1.82) is 0 Å². The van der Waals surface area contributed by atoms with Crippen LogP contribution in [0.5, 0.6) is 0 Å². The van der Waals surface area contributed by atoms with Crippen LogP contribution in [0.4, 0.5) is 0 Å². The van der Waals surface area contributed by atoms with E-state index in [1.807, 2.05) is 18.2 Å². The Kier molecular flexibility index (Phi) is 12.2. The molecule has 0 spiro atoms. The summed E-state index contributed by atoms with van der Waals surface area (Å²) in [6.45, 7) is 2.58. The van der Waals surface area contributed by atoms with Crippen molar-refractivity contribution in [3.8, 4) is 0 Å². The van der Waals surface area contributed by atoms with Crippen LogP contribution in [0.1, 0.15) is 37.7 Å². The lowest BCUT2D eigenvalue weighted by Crippen LogP contribution is -2.56. The highest BCUT2D eigenvalue weighted by molar-refractivity contribution is 6.40. The molecule has 27 heavy (non-hydrogen) atoms. The van der Waals surface area contributed by atoms with E-state index in [4.69, 9.17) is 15.8 Å². The number of halogens is 2. The number of nitrogens with two attached hydrogens (primary N) is 1. The molecule has 1 atom stereocenters. The standard InChI is InChI=1S/C18H29BN2O4.2ClH/c20-18(17(22)23,10-4-5-11-19(24)25)16-8-12-21(13-9-16)14-15-6-2-1-3-7-15;;/h1-3,6-7,16,24-25H,4-5,8-14,20H2,(H,22,23);2*1H. The van der Waals surface area contributed by atoms with Gasteiger partial charge in [0.05, 0.1) is 0 Å². The van der Waals surface area contributed by atoms with Crippen LogP contribution in [0.3, 0.4) is 0 Å². The fraction of sp³-hybridized carbons (Fsp3) is 0.611. The number of carboxylic acids is 1.